The van der Waals surface area contributed by atoms with Crippen molar-refractivity contribution in [1.29, 1.82) is 5.26 Å². The highest BCUT2D eigenvalue weighted by atomic mass is 19.4. The molecule has 0 heterocycles. The molecule has 82 valence electrons. The first kappa shape index (κ1) is 13.2. The van der Waals surface area contributed by atoms with E-state index in [0.29, 0.717) is 6.42 Å². The second-order valence-electron chi connectivity index (χ2n) is 2.86. The third-order valence-electron chi connectivity index (χ3n) is 1.49. The van der Waals surface area contributed by atoms with Gasteiger partial charge in [0, 0.05) is 19.6 Å². The molecule has 0 saturated heterocycles. The Morgan fingerprint density at radius 2 is 2.00 bits per heavy atom. The van der Waals surface area contributed by atoms with Crippen molar-refractivity contribution in [3.8, 4) is 6.07 Å². The minimum Gasteiger partial charge on any atom is -0.381 e. The monoisotopic (exact) mass is 210 g/mol. The van der Waals surface area contributed by atoms with E-state index in [9.17, 15) is 13.2 Å². The number of nitriles is 1. The van der Waals surface area contributed by atoms with Crippen LogP contribution in [0.25, 0.3) is 0 Å². The predicted molar refractivity (Wildman–Crippen MR) is 44.3 cm³/mol. The third kappa shape index (κ3) is 9.29. The molecule has 0 aromatic heterocycles. The van der Waals surface area contributed by atoms with Crippen LogP contribution in [0.15, 0.2) is 0 Å². The molecule has 14 heavy (non-hydrogen) atoms. The number of hydrogen-bond donors (Lipinski definition) is 1. The summed E-state index contributed by atoms with van der Waals surface area (Å²) in [4.78, 5) is 0. The van der Waals surface area contributed by atoms with Gasteiger partial charge in [0.15, 0.2) is 0 Å². The fraction of sp³-hybridized carbons (Fsp3) is 0.875. The van der Waals surface area contributed by atoms with Gasteiger partial charge in [-0.1, -0.05) is 0 Å². The zero-order valence-corrected chi connectivity index (χ0v) is 7.68. The topological polar surface area (TPSA) is 59.0 Å². The molecule has 1 atom stereocenters. The Morgan fingerprint density at radius 1 is 1.36 bits per heavy atom. The maximum absolute atomic E-state index is 11.6. The molecule has 0 radical (unpaired) electrons. The number of halogens is 3. The molecule has 0 amide bonds. The summed E-state index contributed by atoms with van der Waals surface area (Å²) in [6.07, 6.45) is -4.66. The van der Waals surface area contributed by atoms with E-state index in [-0.39, 0.29) is 19.6 Å². The Morgan fingerprint density at radius 3 is 2.50 bits per heavy atom. The summed E-state index contributed by atoms with van der Waals surface area (Å²) in [5.74, 6) is 0. The number of hydrogen-bond acceptors (Lipinski definition) is 3. The molecule has 6 heteroatoms. The standard InChI is InChI=1S/C8H13F3N2O/c9-8(10,11)3-1-4-14-5-2-7(13)6-12/h7H,1-5,13H2. The lowest BCUT2D eigenvalue weighted by atomic mass is 10.2. The van der Waals surface area contributed by atoms with Crippen LogP contribution in [0.4, 0.5) is 13.2 Å². The summed E-state index contributed by atoms with van der Waals surface area (Å²) < 4.78 is 39.8. The average Bonchev–Trinajstić information content (AvgIpc) is 2.08. The summed E-state index contributed by atoms with van der Waals surface area (Å²) in [6.45, 7) is 0.282. The second-order valence-corrected chi connectivity index (χ2v) is 2.86. The lowest BCUT2D eigenvalue weighted by Crippen LogP contribution is -2.19. The zero-order chi connectivity index (χ0) is 11.0. The molecular formula is C8H13F3N2O. The van der Waals surface area contributed by atoms with Gasteiger partial charge in [0.1, 0.15) is 0 Å². The molecule has 0 aromatic rings. The van der Waals surface area contributed by atoms with Gasteiger partial charge >= 0.3 is 6.18 Å². The maximum atomic E-state index is 11.6. The summed E-state index contributed by atoms with van der Waals surface area (Å²) in [5.41, 5.74) is 5.24. The Kier molecular flexibility index (Phi) is 6.25. The van der Waals surface area contributed by atoms with Crippen LogP contribution < -0.4 is 5.73 Å². The van der Waals surface area contributed by atoms with Gasteiger partial charge in [0.05, 0.1) is 12.1 Å². The van der Waals surface area contributed by atoms with Gasteiger partial charge in [-0.05, 0) is 12.8 Å². The van der Waals surface area contributed by atoms with Crippen LogP contribution in [0.2, 0.25) is 0 Å². The van der Waals surface area contributed by atoms with Crippen molar-refractivity contribution in [2.75, 3.05) is 13.2 Å². The molecule has 0 aliphatic carbocycles. The number of ether oxygens (including phenoxy) is 1. The first-order valence-corrected chi connectivity index (χ1v) is 4.25. The maximum Gasteiger partial charge on any atom is 0.389 e. The van der Waals surface area contributed by atoms with Crippen LogP contribution >= 0.6 is 0 Å². The van der Waals surface area contributed by atoms with Crippen molar-refractivity contribution >= 4 is 0 Å². The van der Waals surface area contributed by atoms with Gasteiger partial charge in [-0.3, -0.25) is 0 Å². The van der Waals surface area contributed by atoms with Crippen molar-refractivity contribution in [1.82, 2.24) is 0 Å². The SMILES string of the molecule is N#CC(N)CCOCCCC(F)(F)F. The molecule has 3 nitrogen and oxygen atoms in total. The molecule has 1 unspecified atom stereocenters. The van der Waals surface area contributed by atoms with Gasteiger partial charge < -0.3 is 10.5 Å². The fourth-order valence-electron chi connectivity index (χ4n) is 0.752. The minimum atomic E-state index is -4.12. The van der Waals surface area contributed by atoms with Crippen molar-refractivity contribution < 1.29 is 17.9 Å². The average molecular weight is 210 g/mol. The van der Waals surface area contributed by atoms with Crippen molar-refractivity contribution in [3.63, 3.8) is 0 Å². The largest absolute Gasteiger partial charge is 0.389 e. The molecule has 0 aliphatic rings. The number of alkyl halides is 3. The molecule has 0 rings (SSSR count). The van der Waals surface area contributed by atoms with E-state index in [1.165, 1.54) is 0 Å². The quantitative estimate of drug-likeness (QED) is 0.677. The highest BCUT2D eigenvalue weighted by molar-refractivity contribution is 4.85. The van der Waals surface area contributed by atoms with Gasteiger partial charge in [-0.15, -0.1) is 0 Å². The van der Waals surface area contributed by atoms with Gasteiger partial charge in [-0.25, -0.2) is 0 Å². The van der Waals surface area contributed by atoms with E-state index in [1.807, 2.05) is 0 Å². The van der Waals surface area contributed by atoms with E-state index < -0.39 is 18.6 Å². The molecule has 0 aliphatic heterocycles. The number of nitrogens with zero attached hydrogens (tertiary/aromatic N) is 1. The van der Waals surface area contributed by atoms with Crippen LogP contribution in [-0.2, 0) is 4.74 Å². The molecule has 2 N–H and O–H groups in total. The van der Waals surface area contributed by atoms with Crippen molar-refractivity contribution in [3.05, 3.63) is 0 Å². The van der Waals surface area contributed by atoms with E-state index in [4.69, 9.17) is 15.7 Å². The molecule has 0 fully saturated rings. The number of rotatable bonds is 6. The summed E-state index contributed by atoms with van der Waals surface area (Å²) in [7, 11) is 0. The molecule has 0 spiro atoms. The van der Waals surface area contributed by atoms with Crippen LogP contribution in [0.3, 0.4) is 0 Å². The van der Waals surface area contributed by atoms with Gasteiger partial charge in [0.25, 0.3) is 0 Å². The van der Waals surface area contributed by atoms with E-state index >= 15 is 0 Å². The Bertz CT molecular complexity index is 188. The first-order valence-electron chi connectivity index (χ1n) is 4.25. The van der Waals surface area contributed by atoms with Gasteiger partial charge in [0.2, 0.25) is 0 Å². The minimum absolute atomic E-state index is 0.0503. The lowest BCUT2D eigenvalue weighted by molar-refractivity contribution is -0.137. The second kappa shape index (κ2) is 6.62. The molecular weight excluding hydrogens is 197 g/mol. The van der Waals surface area contributed by atoms with E-state index in [0.717, 1.165) is 0 Å². The fourth-order valence-corrected chi connectivity index (χ4v) is 0.752. The summed E-state index contributed by atoms with van der Waals surface area (Å²) in [5, 5.41) is 8.26. The predicted octanol–water partition coefficient (Wildman–Crippen LogP) is 1.59. The molecule has 0 saturated carbocycles. The van der Waals surface area contributed by atoms with Crippen LogP contribution in [-0.4, -0.2) is 25.4 Å². The van der Waals surface area contributed by atoms with Crippen LogP contribution in [0.1, 0.15) is 19.3 Å². The highest BCUT2D eigenvalue weighted by Crippen LogP contribution is 2.20. The highest BCUT2D eigenvalue weighted by Gasteiger charge is 2.25. The van der Waals surface area contributed by atoms with Gasteiger partial charge in [-0.2, -0.15) is 18.4 Å². The Hall–Kier alpha value is -0.800. The Balaban J connectivity index is 3.20. The normalized spacial score (nSPS) is 13.6. The van der Waals surface area contributed by atoms with Crippen LogP contribution in [0, 0.1) is 11.3 Å². The summed E-state index contributed by atoms with van der Waals surface area (Å²) >= 11 is 0. The number of nitrogens with two attached hydrogens (primary N) is 1. The first-order chi connectivity index (χ1) is 6.45. The molecule has 0 bridgehead atoms. The third-order valence-corrected chi connectivity index (χ3v) is 1.49. The van der Waals surface area contributed by atoms with E-state index in [2.05, 4.69) is 0 Å². The Labute approximate surface area is 80.6 Å². The zero-order valence-electron chi connectivity index (χ0n) is 7.68. The van der Waals surface area contributed by atoms with E-state index in [1.54, 1.807) is 6.07 Å². The molecule has 0 aromatic carbocycles. The van der Waals surface area contributed by atoms with Crippen molar-refractivity contribution in [2.45, 2.75) is 31.5 Å². The smallest absolute Gasteiger partial charge is 0.381 e. The summed E-state index contributed by atoms with van der Waals surface area (Å²) in [6, 6.07) is 1.20. The van der Waals surface area contributed by atoms with Crippen molar-refractivity contribution in [2.24, 2.45) is 5.73 Å². The van der Waals surface area contributed by atoms with Crippen LogP contribution in [0.5, 0.6) is 0 Å². The lowest BCUT2D eigenvalue weighted by Gasteiger charge is -2.07.